The van der Waals surface area contributed by atoms with E-state index in [9.17, 15) is 0 Å². The second-order valence-electron chi connectivity index (χ2n) is 15.5. The van der Waals surface area contributed by atoms with Crippen LogP contribution < -0.4 is 14.4 Å². The first-order valence-corrected chi connectivity index (χ1v) is 24.6. The number of hydrogen-bond acceptors (Lipinski definition) is 5. The van der Waals surface area contributed by atoms with Crippen molar-refractivity contribution in [1.29, 1.82) is 0 Å². The van der Waals surface area contributed by atoms with Gasteiger partial charge in [0.05, 0.1) is 0 Å². The van der Waals surface area contributed by atoms with E-state index < -0.39 is 0 Å². The van der Waals surface area contributed by atoms with Gasteiger partial charge < -0.3 is 0 Å². The summed E-state index contributed by atoms with van der Waals surface area (Å²) < 4.78 is 4.94. The minimum absolute atomic E-state index is 0.0527. The maximum absolute atomic E-state index is 5.59. The van der Waals surface area contributed by atoms with Crippen LogP contribution >= 0.6 is 22.7 Å². The number of benzene rings is 4. The molecule has 0 radical (unpaired) electrons. The normalized spacial score (nSPS) is 26.3. The van der Waals surface area contributed by atoms with E-state index in [1.165, 1.54) is 51.5 Å². The SMILES string of the molecule is C1=CC2NC(C=C1)/C(c1ccccc1)=c1/cc/c(s1)=c1\cc/c(s1)=C(\c1ccccc1)C1=N/C(=C(/c3ccccc3)C3C=CC=CC([Se]3)/C(c3ccccc3)=C3\C=CC2=N3)C=C1. The van der Waals surface area contributed by atoms with Gasteiger partial charge in [0.25, 0.3) is 0 Å². The summed E-state index contributed by atoms with van der Waals surface area (Å²) in [5.41, 5.74) is 13.7. The maximum atomic E-state index is 5.59. The zero-order chi connectivity index (χ0) is 41.2. The van der Waals surface area contributed by atoms with E-state index in [2.05, 4.69) is 224 Å². The molecule has 62 heavy (non-hydrogen) atoms. The van der Waals surface area contributed by atoms with Gasteiger partial charge in [0, 0.05) is 0 Å². The van der Waals surface area contributed by atoms with Crippen LogP contribution in [-0.4, -0.2) is 38.5 Å². The third-order valence-electron chi connectivity index (χ3n) is 11.6. The molecule has 6 heteroatoms. The monoisotopic (exact) mass is 899 g/mol. The van der Waals surface area contributed by atoms with Crippen LogP contribution in [0.1, 0.15) is 22.3 Å². The molecule has 6 aromatic rings. The predicted molar refractivity (Wildman–Crippen MR) is 264 cm³/mol. The molecule has 5 aliphatic heterocycles. The first-order valence-electron chi connectivity index (χ1n) is 21.0. The number of rotatable bonds is 4. The molecule has 12 bridgehead atoms. The third kappa shape index (κ3) is 7.66. The van der Waals surface area contributed by atoms with Crippen molar-refractivity contribution in [2.75, 3.05) is 0 Å². The van der Waals surface area contributed by atoms with E-state index in [1.54, 1.807) is 0 Å². The molecule has 4 aromatic carbocycles. The van der Waals surface area contributed by atoms with Crippen LogP contribution in [-0.2, 0) is 0 Å². The van der Waals surface area contributed by atoms with Crippen molar-refractivity contribution in [3.05, 3.63) is 270 Å². The van der Waals surface area contributed by atoms with Gasteiger partial charge in [0.15, 0.2) is 0 Å². The molecular formula is C56H41N3S2Se. The van der Waals surface area contributed by atoms with Crippen molar-refractivity contribution in [1.82, 2.24) is 5.32 Å². The molecule has 4 atom stereocenters. The van der Waals surface area contributed by atoms with Crippen LogP contribution in [0.4, 0.5) is 0 Å². The Morgan fingerprint density at radius 3 is 1.48 bits per heavy atom. The molecule has 0 aliphatic carbocycles. The van der Waals surface area contributed by atoms with E-state index >= 15 is 0 Å². The number of fused-ring (bicyclic) bond motifs is 11. The Labute approximate surface area is 376 Å². The van der Waals surface area contributed by atoms with Gasteiger partial charge in [-0.25, -0.2) is 0 Å². The number of thiophene rings is 2. The Morgan fingerprint density at radius 2 is 0.871 bits per heavy atom. The second kappa shape index (κ2) is 17.3. The molecule has 0 spiro atoms. The van der Waals surface area contributed by atoms with Crippen molar-refractivity contribution < 1.29 is 0 Å². The van der Waals surface area contributed by atoms with Crippen molar-refractivity contribution in [3.63, 3.8) is 0 Å². The van der Waals surface area contributed by atoms with E-state index in [0.717, 1.165) is 34.0 Å². The summed E-state index contributed by atoms with van der Waals surface area (Å²) >= 11 is 3.75. The van der Waals surface area contributed by atoms with Gasteiger partial charge in [-0.05, 0) is 0 Å². The molecule has 0 amide bonds. The topological polar surface area (TPSA) is 36.8 Å². The van der Waals surface area contributed by atoms with Crippen LogP contribution in [0.5, 0.6) is 0 Å². The number of allylic oxidation sites excluding steroid dienone is 11. The van der Waals surface area contributed by atoms with Crippen molar-refractivity contribution in [2.24, 2.45) is 9.98 Å². The van der Waals surface area contributed by atoms with Crippen LogP contribution in [0.15, 0.2) is 240 Å². The quantitative estimate of drug-likeness (QED) is 0.176. The minimum atomic E-state index is -0.0937. The van der Waals surface area contributed by atoms with Crippen molar-refractivity contribution >= 4 is 71.3 Å². The number of aliphatic imine (C=N–C) groups is 2. The zero-order valence-corrected chi connectivity index (χ0v) is 37.1. The molecule has 298 valence electrons. The van der Waals surface area contributed by atoms with E-state index in [1.807, 2.05) is 22.7 Å². The molecule has 5 aliphatic rings. The number of nitrogens with zero attached hydrogens (tertiary/aromatic N) is 2. The first-order chi connectivity index (χ1) is 30.7. The van der Waals surface area contributed by atoms with E-state index in [-0.39, 0.29) is 36.7 Å². The Balaban J connectivity index is 1.19. The molecule has 1 N–H and O–H groups in total. The van der Waals surface area contributed by atoms with Gasteiger partial charge in [0.2, 0.25) is 0 Å². The summed E-state index contributed by atoms with van der Waals surface area (Å²) in [6, 6.07) is 52.4. The molecule has 0 saturated heterocycles. The van der Waals surface area contributed by atoms with Crippen molar-refractivity contribution in [2.45, 2.75) is 21.7 Å². The Kier molecular flexibility index (Phi) is 10.8. The van der Waals surface area contributed by atoms with Gasteiger partial charge in [-0.3, -0.25) is 0 Å². The Morgan fingerprint density at radius 1 is 0.403 bits per heavy atom. The Bertz CT molecular complexity index is 3230. The molecule has 2 aromatic heterocycles. The molecular weight excluding hydrogens is 858 g/mol. The molecule has 11 rings (SSSR count). The van der Waals surface area contributed by atoms with Gasteiger partial charge >= 0.3 is 373 Å². The standard InChI is InChI=1S/C56H41N3S2Se/c1-5-17-37(18-6-1)53-43-26-14-13-25-41(57-43)42-29-30-45(58-42)55(39-21-9-3-10-22-39)51-27-15-16-28-52(62-51)56(40-23-11-4-12-24-40)46-32-31-44(59-46)54(38-19-7-2-8-20-38)50-36-34-48(61-50)47-33-35-49(53)60-47/h1-36,41,43,51-52,57H/b48-47-,53-49-,54-50-,55-45+,56-46-. The summed E-state index contributed by atoms with van der Waals surface area (Å²) in [6.45, 7) is 0. The molecule has 0 fully saturated rings. The summed E-state index contributed by atoms with van der Waals surface area (Å²) in [5.74, 6) is 0. The fourth-order valence-corrected chi connectivity index (χ4v) is 14.1. The zero-order valence-electron chi connectivity index (χ0n) is 33.7. The fourth-order valence-electron chi connectivity index (χ4n) is 8.76. The molecule has 4 unspecified atom stereocenters. The van der Waals surface area contributed by atoms with Gasteiger partial charge in [0.1, 0.15) is 0 Å². The molecule has 0 saturated carbocycles. The second-order valence-corrected chi connectivity index (χ2v) is 20.4. The molecule has 7 heterocycles. The van der Waals surface area contributed by atoms with Gasteiger partial charge in [-0.2, -0.15) is 0 Å². The summed E-state index contributed by atoms with van der Waals surface area (Å²) in [5, 5.41) is 4.05. The van der Waals surface area contributed by atoms with E-state index in [0.29, 0.717) is 0 Å². The molecule has 3 nitrogen and oxygen atoms in total. The Hall–Kier alpha value is -6.24. The fraction of sp³-hybridized carbons (Fsp3) is 0.0714. The van der Waals surface area contributed by atoms with Crippen LogP contribution in [0.25, 0.3) is 22.3 Å². The number of nitrogens with one attached hydrogen (secondary N) is 1. The van der Waals surface area contributed by atoms with Gasteiger partial charge in [-0.15, -0.1) is 0 Å². The first kappa shape index (κ1) is 38.7. The van der Waals surface area contributed by atoms with Gasteiger partial charge in [-0.1, -0.05) is 6.07 Å². The predicted octanol–water partition coefficient (Wildman–Crippen LogP) is 11.2. The summed E-state index contributed by atoms with van der Waals surface area (Å²) in [6.07, 6.45) is 27.1. The van der Waals surface area contributed by atoms with Crippen LogP contribution in [0.2, 0.25) is 9.63 Å². The van der Waals surface area contributed by atoms with Crippen molar-refractivity contribution in [3.8, 4) is 0 Å². The third-order valence-corrected chi connectivity index (χ3v) is 16.9. The summed E-state index contributed by atoms with van der Waals surface area (Å²) in [4.78, 5) is 11.4. The summed E-state index contributed by atoms with van der Waals surface area (Å²) in [7, 11) is 0. The van der Waals surface area contributed by atoms with Crippen LogP contribution in [0.3, 0.4) is 0 Å². The number of hydrogen-bond donors (Lipinski definition) is 1. The average Bonchev–Trinajstić information content (AvgIpc) is 4.13. The van der Waals surface area contributed by atoms with E-state index in [4.69, 9.17) is 9.98 Å². The van der Waals surface area contributed by atoms with Crippen LogP contribution in [0, 0.1) is 9.06 Å². The average molecular weight is 899 g/mol.